The number of benzene rings is 2. The van der Waals surface area contributed by atoms with Crippen LogP contribution in [0.25, 0.3) is 0 Å². The SMILES string of the molecule is CC(C)OC(=O)N(C)Cc1ccc(OCCCCOC2CCN(c3ccc(S(C)(=O)=O)cc3)C2)cc1. The molecule has 36 heavy (non-hydrogen) atoms. The summed E-state index contributed by atoms with van der Waals surface area (Å²) in [5.41, 5.74) is 2.03. The van der Waals surface area contributed by atoms with Gasteiger partial charge in [-0.3, -0.25) is 0 Å². The van der Waals surface area contributed by atoms with Gasteiger partial charge in [0.1, 0.15) is 5.75 Å². The van der Waals surface area contributed by atoms with Crippen molar-refractivity contribution >= 4 is 21.6 Å². The Balaban J connectivity index is 1.29. The Bertz CT molecular complexity index is 1070. The van der Waals surface area contributed by atoms with Gasteiger partial charge < -0.3 is 24.0 Å². The van der Waals surface area contributed by atoms with Crippen LogP contribution < -0.4 is 9.64 Å². The molecule has 1 saturated heterocycles. The fourth-order valence-electron chi connectivity index (χ4n) is 3.97. The highest BCUT2D eigenvalue weighted by Crippen LogP contribution is 2.23. The zero-order chi connectivity index (χ0) is 26.1. The Morgan fingerprint density at radius 1 is 1.06 bits per heavy atom. The number of amides is 1. The summed E-state index contributed by atoms with van der Waals surface area (Å²) in [6.07, 6.45) is 3.71. The normalized spacial score (nSPS) is 15.8. The highest BCUT2D eigenvalue weighted by molar-refractivity contribution is 7.90. The van der Waals surface area contributed by atoms with Crippen LogP contribution in [0.1, 0.15) is 38.7 Å². The van der Waals surface area contributed by atoms with Gasteiger partial charge in [-0.05, 0) is 75.1 Å². The van der Waals surface area contributed by atoms with E-state index in [9.17, 15) is 13.2 Å². The second-order valence-corrected chi connectivity index (χ2v) is 11.5. The third-order valence-corrected chi connectivity index (χ3v) is 7.06. The van der Waals surface area contributed by atoms with E-state index in [-0.39, 0.29) is 18.3 Å². The largest absolute Gasteiger partial charge is 0.494 e. The highest BCUT2D eigenvalue weighted by atomic mass is 32.2. The van der Waals surface area contributed by atoms with Gasteiger partial charge >= 0.3 is 6.09 Å². The molecule has 2 aromatic rings. The molecule has 1 fully saturated rings. The van der Waals surface area contributed by atoms with E-state index in [1.807, 2.05) is 50.2 Å². The predicted molar refractivity (Wildman–Crippen MR) is 140 cm³/mol. The number of hydrogen-bond acceptors (Lipinski definition) is 7. The molecule has 0 aromatic heterocycles. The number of unbranched alkanes of at least 4 members (excludes halogenated alkanes) is 1. The first kappa shape index (κ1) is 27.8. The van der Waals surface area contributed by atoms with Crippen LogP contribution in [0.2, 0.25) is 0 Å². The summed E-state index contributed by atoms with van der Waals surface area (Å²) in [5.74, 6) is 0.806. The summed E-state index contributed by atoms with van der Waals surface area (Å²) in [7, 11) is -1.45. The number of ether oxygens (including phenoxy) is 3. The molecule has 0 N–H and O–H groups in total. The maximum absolute atomic E-state index is 11.9. The van der Waals surface area contributed by atoms with Crippen molar-refractivity contribution in [1.29, 1.82) is 0 Å². The van der Waals surface area contributed by atoms with Gasteiger partial charge in [0.2, 0.25) is 0 Å². The maximum Gasteiger partial charge on any atom is 0.410 e. The summed E-state index contributed by atoms with van der Waals surface area (Å²) < 4.78 is 40.3. The summed E-state index contributed by atoms with van der Waals surface area (Å²) >= 11 is 0. The second-order valence-electron chi connectivity index (χ2n) is 9.48. The van der Waals surface area contributed by atoms with Gasteiger partial charge in [0.15, 0.2) is 9.84 Å². The molecule has 1 heterocycles. The number of anilines is 1. The molecule has 9 heteroatoms. The van der Waals surface area contributed by atoms with Crippen LogP contribution in [-0.4, -0.2) is 71.2 Å². The van der Waals surface area contributed by atoms with Crippen LogP contribution in [0.15, 0.2) is 53.4 Å². The van der Waals surface area contributed by atoms with E-state index < -0.39 is 9.84 Å². The molecule has 1 aliphatic heterocycles. The average Bonchev–Trinajstić information content (AvgIpc) is 3.30. The molecule has 1 unspecified atom stereocenters. The lowest BCUT2D eigenvalue weighted by Gasteiger charge is -2.19. The number of nitrogens with zero attached hydrogens (tertiary/aromatic N) is 2. The van der Waals surface area contributed by atoms with Crippen molar-refractivity contribution in [1.82, 2.24) is 4.90 Å². The molecule has 198 valence electrons. The van der Waals surface area contributed by atoms with Crippen LogP contribution in [0, 0.1) is 0 Å². The van der Waals surface area contributed by atoms with Crippen molar-refractivity contribution in [2.75, 3.05) is 44.5 Å². The van der Waals surface area contributed by atoms with Crippen LogP contribution in [-0.2, 0) is 25.9 Å². The lowest BCUT2D eigenvalue weighted by molar-refractivity contribution is 0.0636. The van der Waals surface area contributed by atoms with Gasteiger partial charge in [-0.1, -0.05) is 12.1 Å². The highest BCUT2D eigenvalue weighted by Gasteiger charge is 2.23. The fourth-order valence-corrected chi connectivity index (χ4v) is 4.60. The van der Waals surface area contributed by atoms with Gasteiger partial charge in [-0.15, -0.1) is 0 Å². The summed E-state index contributed by atoms with van der Waals surface area (Å²) in [5, 5.41) is 0. The van der Waals surface area contributed by atoms with Gasteiger partial charge in [-0.2, -0.15) is 0 Å². The molecule has 1 amide bonds. The first-order valence-corrected chi connectivity index (χ1v) is 14.3. The standard InChI is InChI=1S/C27H38N2O6S/c1-21(2)35-27(30)28(3)19-22-7-11-24(12-8-22)33-17-5-6-18-34-25-15-16-29(20-25)23-9-13-26(14-10-23)36(4,31)32/h7-14,21,25H,5-6,15-20H2,1-4H3. The van der Waals surface area contributed by atoms with E-state index in [1.54, 1.807) is 24.1 Å². The topological polar surface area (TPSA) is 85.4 Å². The molecule has 0 saturated carbocycles. The van der Waals surface area contributed by atoms with Crippen molar-refractivity contribution in [2.45, 2.75) is 56.8 Å². The monoisotopic (exact) mass is 518 g/mol. The fraction of sp³-hybridized carbons (Fsp3) is 0.519. The average molecular weight is 519 g/mol. The molecule has 0 spiro atoms. The van der Waals surface area contributed by atoms with Crippen LogP contribution in [0.4, 0.5) is 10.5 Å². The van der Waals surface area contributed by atoms with E-state index in [1.165, 1.54) is 6.26 Å². The Morgan fingerprint density at radius 2 is 1.72 bits per heavy atom. The van der Waals surface area contributed by atoms with E-state index in [4.69, 9.17) is 14.2 Å². The predicted octanol–water partition coefficient (Wildman–Crippen LogP) is 4.52. The minimum Gasteiger partial charge on any atom is -0.494 e. The van der Waals surface area contributed by atoms with Crippen molar-refractivity contribution in [3.63, 3.8) is 0 Å². The smallest absolute Gasteiger partial charge is 0.410 e. The molecule has 1 atom stereocenters. The Labute approximate surface area is 215 Å². The molecular formula is C27H38N2O6S. The third kappa shape index (κ3) is 8.71. The quantitative estimate of drug-likeness (QED) is 0.382. The number of carbonyl (C=O) groups is 1. The summed E-state index contributed by atoms with van der Waals surface area (Å²) in [6.45, 7) is 7.16. The number of rotatable bonds is 12. The van der Waals surface area contributed by atoms with Crippen LogP contribution >= 0.6 is 0 Å². The summed E-state index contributed by atoms with van der Waals surface area (Å²) in [6, 6.07) is 14.8. The first-order chi connectivity index (χ1) is 17.1. The Morgan fingerprint density at radius 3 is 2.36 bits per heavy atom. The molecule has 8 nitrogen and oxygen atoms in total. The van der Waals surface area contributed by atoms with E-state index in [0.29, 0.717) is 24.7 Å². The minimum atomic E-state index is -3.17. The van der Waals surface area contributed by atoms with E-state index >= 15 is 0 Å². The lowest BCUT2D eigenvalue weighted by atomic mass is 10.2. The van der Waals surface area contributed by atoms with Gasteiger partial charge in [0.05, 0.1) is 23.7 Å². The summed E-state index contributed by atoms with van der Waals surface area (Å²) in [4.78, 5) is 16.0. The van der Waals surface area contributed by atoms with Crippen molar-refractivity contribution < 1.29 is 27.4 Å². The van der Waals surface area contributed by atoms with Crippen molar-refractivity contribution in [2.24, 2.45) is 0 Å². The molecule has 3 rings (SSSR count). The first-order valence-electron chi connectivity index (χ1n) is 12.4. The molecule has 2 aromatic carbocycles. The van der Waals surface area contributed by atoms with Crippen LogP contribution in [0.3, 0.4) is 0 Å². The Kier molecular flexibility index (Phi) is 10.0. The molecule has 0 radical (unpaired) electrons. The molecular weight excluding hydrogens is 480 g/mol. The van der Waals surface area contributed by atoms with E-state index in [2.05, 4.69) is 4.90 Å². The number of carbonyl (C=O) groups excluding carboxylic acids is 1. The van der Waals surface area contributed by atoms with Crippen LogP contribution in [0.5, 0.6) is 5.75 Å². The maximum atomic E-state index is 11.9. The third-order valence-electron chi connectivity index (χ3n) is 5.93. The van der Waals surface area contributed by atoms with E-state index in [0.717, 1.165) is 49.4 Å². The van der Waals surface area contributed by atoms with Crippen molar-refractivity contribution in [3.8, 4) is 5.75 Å². The van der Waals surface area contributed by atoms with Gasteiger partial charge in [-0.25, -0.2) is 13.2 Å². The van der Waals surface area contributed by atoms with Crippen molar-refractivity contribution in [3.05, 3.63) is 54.1 Å². The zero-order valence-corrected chi connectivity index (χ0v) is 22.5. The molecule has 0 bridgehead atoms. The molecule has 0 aliphatic carbocycles. The minimum absolute atomic E-state index is 0.137. The lowest BCUT2D eigenvalue weighted by Crippen LogP contribution is -2.29. The Hall–Kier alpha value is -2.78. The number of sulfone groups is 1. The van der Waals surface area contributed by atoms with Gasteiger partial charge in [0.25, 0.3) is 0 Å². The van der Waals surface area contributed by atoms with Gasteiger partial charge in [0, 0.05) is 45.2 Å². The second kappa shape index (κ2) is 13.0. The number of hydrogen-bond donors (Lipinski definition) is 0. The molecule has 1 aliphatic rings. The zero-order valence-electron chi connectivity index (χ0n) is 21.7.